The molecule has 1 N–H and O–H groups in total. The van der Waals surface area contributed by atoms with Gasteiger partial charge in [-0.15, -0.1) is 0 Å². The number of carbonyl (C=O) groups is 1. The number of hydrogen-bond donors (Lipinski definition) is 1. The van der Waals surface area contributed by atoms with Crippen LogP contribution in [-0.4, -0.2) is 42.3 Å². The van der Waals surface area contributed by atoms with E-state index >= 15 is 0 Å². The minimum atomic E-state index is -0.429. The van der Waals surface area contributed by atoms with Crippen LogP contribution in [0.25, 0.3) is 0 Å². The van der Waals surface area contributed by atoms with E-state index in [9.17, 15) is 4.79 Å². The van der Waals surface area contributed by atoms with Crippen molar-refractivity contribution in [1.82, 2.24) is 10.2 Å². The van der Waals surface area contributed by atoms with Gasteiger partial charge >= 0.3 is 6.09 Å². The number of nitrogens with zero attached hydrogens (tertiary/aromatic N) is 1. The van der Waals surface area contributed by atoms with E-state index in [2.05, 4.69) is 5.32 Å². The predicted molar refractivity (Wildman–Crippen MR) is 82.9 cm³/mol. The van der Waals surface area contributed by atoms with Crippen LogP contribution in [0.5, 0.6) is 0 Å². The molecule has 0 saturated heterocycles. The molecule has 0 aromatic carbocycles. The highest BCUT2D eigenvalue weighted by molar-refractivity contribution is 5.68. The summed E-state index contributed by atoms with van der Waals surface area (Å²) in [5.74, 6) is 0.837. The predicted octanol–water partition coefficient (Wildman–Crippen LogP) is 3.41. The number of nitrogens with one attached hydrogen (secondary N) is 1. The van der Waals surface area contributed by atoms with E-state index in [0.29, 0.717) is 6.54 Å². The van der Waals surface area contributed by atoms with Crippen LogP contribution in [-0.2, 0) is 4.74 Å². The third kappa shape index (κ3) is 6.60. The van der Waals surface area contributed by atoms with Crippen LogP contribution in [0.4, 0.5) is 4.79 Å². The molecule has 1 aliphatic rings. The first-order chi connectivity index (χ1) is 9.29. The molecule has 0 aromatic heterocycles. The summed E-state index contributed by atoms with van der Waals surface area (Å²) in [6.07, 6.45) is 5.25. The highest BCUT2D eigenvalue weighted by Gasteiger charge is 2.23. The summed E-state index contributed by atoms with van der Waals surface area (Å²) in [4.78, 5) is 13.9. The number of rotatable bonds is 6. The third-order valence-electron chi connectivity index (χ3n) is 3.69. The van der Waals surface area contributed by atoms with Gasteiger partial charge in [0.1, 0.15) is 5.60 Å². The van der Waals surface area contributed by atoms with Crippen LogP contribution in [0.1, 0.15) is 60.3 Å². The Bertz CT molecular complexity index is 291. The average molecular weight is 284 g/mol. The smallest absolute Gasteiger partial charge is 0.410 e. The first-order valence-corrected chi connectivity index (χ1v) is 8.00. The molecular formula is C16H32N2O2. The minimum Gasteiger partial charge on any atom is -0.444 e. The van der Waals surface area contributed by atoms with Gasteiger partial charge in [0, 0.05) is 19.1 Å². The maximum absolute atomic E-state index is 12.1. The van der Waals surface area contributed by atoms with Gasteiger partial charge in [0.2, 0.25) is 0 Å². The van der Waals surface area contributed by atoms with Crippen molar-refractivity contribution in [3.05, 3.63) is 0 Å². The van der Waals surface area contributed by atoms with Crippen molar-refractivity contribution in [3.63, 3.8) is 0 Å². The van der Waals surface area contributed by atoms with Crippen LogP contribution in [0.2, 0.25) is 0 Å². The van der Waals surface area contributed by atoms with E-state index in [4.69, 9.17) is 4.74 Å². The summed E-state index contributed by atoms with van der Waals surface area (Å²) in [6, 6.07) is 0.165. The van der Waals surface area contributed by atoms with Crippen LogP contribution in [0.3, 0.4) is 0 Å². The maximum Gasteiger partial charge on any atom is 0.410 e. The van der Waals surface area contributed by atoms with Crippen molar-refractivity contribution in [3.8, 4) is 0 Å². The fourth-order valence-electron chi connectivity index (χ4n) is 2.60. The monoisotopic (exact) mass is 284 g/mol. The molecule has 0 heterocycles. The first-order valence-electron chi connectivity index (χ1n) is 8.00. The molecule has 1 saturated carbocycles. The summed E-state index contributed by atoms with van der Waals surface area (Å²) >= 11 is 0. The Labute approximate surface area is 124 Å². The highest BCUT2D eigenvalue weighted by atomic mass is 16.6. The Hall–Kier alpha value is -0.770. The summed E-state index contributed by atoms with van der Waals surface area (Å²) in [5, 5.41) is 3.48. The number of carbonyl (C=O) groups excluding carboxylic acids is 1. The molecular weight excluding hydrogens is 252 g/mol. The van der Waals surface area contributed by atoms with E-state index in [-0.39, 0.29) is 12.1 Å². The van der Waals surface area contributed by atoms with Crippen LogP contribution >= 0.6 is 0 Å². The molecule has 20 heavy (non-hydrogen) atoms. The lowest BCUT2D eigenvalue weighted by atomic mass is 10.1. The topological polar surface area (TPSA) is 41.6 Å². The Balaban J connectivity index is 2.29. The molecule has 4 nitrogen and oxygen atoms in total. The zero-order chi connectivity index (χ0) is 15.2. The molecule has 0 radical (unpaired) electrons. The van der Waals surface area contributed by atoms with Gasteiger partial charge < -0.3 is 15.0 Å². The van der Waals surface area contributed by atoms with Gasteiger partial charge in [0.05, 0.1) is 0 Å². The summed E-state index contributed by atoms with van der Waals surface area (Å²) in [5.41, 5.74) is -0.429. The standard InChI is InChI=1S/C16H32N2O2/c1-13(2)18(15(19)20-16(3,4)5)11-10-17-12-14-8-6-7-9-14/h13-14,17H,6-12H2,1-5H3. The molecule has 4 heteroatoms. The van der Waals surface area contributed by atoms with Gasteiger partial charge in [-0.2, -0.15) is 0 Å². The second kappa shape index (κ2) is 7.87. The SMILES string of the molecule is CC(C)N(CCNCC1CCCC1)C(=O)OC(C)(C)C. The lowest BCUT2D eigenvalue weighted by Gasteiger charge is -2.30. The maximum atomic E-state index is 12.1. The zero-order valence-corrected chi connectivity index (χ0v) is 13.9. The average Bonchev–Trinajstić information content (AvgIpc) is 2.78. The van der Waals surface area contributed by atoms with Gasteiger partial charge in [-0.1, -0.05) is 12.8 Å². The van der Waals surface area contributed by atoms with Crippen molar-refractivity contribution in [1.29, 1.82) is 0 Å². The van der Waals surface area contributed by atoms with Crippen molar-refractivity contribution >= 4 is 6.09 Å². The van der Waals surface area contributed by atoms with E-state index in [1.165, 1.54) is 25.7 Å². The zero-order valence-electron chi connectivity index (χ0n) is 13.9. The number of ether oxygens (including phenoxy) is 1. The molecule has 0 atom stereocenters. The summed E-state index contributed by atoms with van der Waals surface area (Å²) in [6.45, 7) is 12.4. The molecule has 118 valence electrons. The fourth-order valence-corrected chi connectivity index (χ4v) is 2.60. The quantitative estimate of drug-likeness (QED) is 0.760. The van der Waals surface area contributed by atoms with Crippen LogP contribution < -0.4 is 5.32 Å². The minimum absolute atomic E-state index is 0.165. The van der Waals surface area contributed by atoms with Gasteiger partial charge in [-0.25, -0.2) is 4.79 Å². The molecule has 1 aliphatic carbocycles. The van der Waals surface area contributed by atoms with E-state index in [0.717, 1.165) is 19.0 Å². The van der Waals surface area contributed by atoms with E-state index in [1.807, 2.05) is 34.6 Å². The van der Waals surface area contributed by atoms with Crippen molar-refractivity contribution in [2.24, 2.45) is 5.92 Å². The Morgan fingerprint density at radius 1 is 1.30 bits per heavy atom. The number of amides is 1. The summed E-state index contributed by atoms with van der Waals surface area (Å²) in [7, 11) is 0. The van der Waals surface area contributed by atoms with Crippen LogP contribution in [0, 0.1) is 5.92 Å². The normalized spacial score (nSPS) is 16.7. The molecule has 1 fully saturated rings. The fraction of sp³-hybridized carbons (Fsp3) is 0.938. The molecule has 0 bridgehead atoms. The lowest BCUT2D eigenvalue weighted by Crippen LogP contribution is -2.44. The molecule has 0 unspecified atom stereocenters. The van der Waals surface area contributed by atoms with E-state index in [1.54, 1.807) is 4.90 Å². The van der Waals surface area contributed by atoms with Gasteiger partial charge in [-0.3, -0.25) is 0 Å². The second-order valence-electron chi connectivity index (χ2n) is 7.12. The van der Waals surface area contributed by atoms with E-state index < -0.39 is 5.60 Å². The molecule has 1 rings (SSSR count). The second-order valence-corrected chi connectivity index (χ2v) is 7.12. The molecule has 0 aliphatic heterocycles. The number of hydrogen-bond acceptors (Lipinski definition) is 3. The van der Waals surface area contributed by atoms with Gasteiger partial charge in [-0.05, 0) is 59.9 Å². The largest absolute Gasteiger partial charge is 0.444 e. The lowest BCUT2D eigenvalue weighted by molar-refractivity contribution is 0.0193. The Morgan fingerprint density at radius 3 is 2.40 bits per heavy atom. The van der Waals surface area contributed by atoms with Crippen LogP contribution in [0.15, 0.2) is 0 Å². The van der Waals surface area contributed by atoms with Crippen molar-refractivity contribution in [2.75, 3.05) is 19.6 Å². The molecule has 1 amide bonds. The van der Waals surface area contributed by atoms with Gasteiger partial charge in [0.15, 0.2) is 0 Å². The molecule has 0 spiro atoms. The molecule has 0 aromatic rings. The highest BCUT2D eigenvalue weighted by Crippen LogP contribution is 2.23. The first kappa shape index (κ1) is 17.3. The van der Waals surface area contributed by atoms with Crippen molar-refractivity contribution in [2.45, 2.75) is 71.9 Å². The van der Waals surface area contributed by atoms with Crippen molar-refractivity contribution < 1.29 is 9.53 Å². The summed E-state index contributed by atoms with van der Waals surface area (Å²) < 4.78 is 5.45. The Morgan fingerprint density at radius 2 is 1.90 bits per heavy atom. The van der Waals surface area contributed by atoms with Gasteiger partial charge in [0.25, 0.3) is 0 Å². The third-order valence-corrected chi connectivity index (χ3v) is 3.69. The Kier molecular flexibility index (Phi) is 6.80.